The number of benzene rings is 2. The Labute approximate surface area is 274 Å². The second-order valence-electron chi connectivity index (χ2n) is 13.3. The van der Waals surface area contributed by atoms with E-state index in [2.05, 4.69) is 65.7 Å². The summed E-state index contributed by atoms with van der Waals surface area (Å²) in [5.74, 6) is 1.20. The van der Waals surface area contributed by atoms with E-state index in [-0.39, 0.29) is 5.82 Å². The lowest BCUT2D eigenvalue weighted by Crippen LogP contribution is -2.20. The number of fused-ring (bicyclic) bond motifs is 2. The number of rotatable bonds is 11. The van der Waals surface area contributed by atoms with E-state index in [1.54, 1.807) is 18.3 Å². The first-order valence-corrected chi connectivity index (χ1v) is 17.2. The maximum absolute atomic E-state index is 14.9. The standard InChI is InChI=1S/C38H41FN8/c39-31-18-26(8-5-15-47-13-3-4-14-47)16-29(19-31)35-37-34(11-12-42-35)43-38(44-37)36-32-20-28(9-10-33(32)45-46-36)30-17-27(23-41-24-30)22-40-21-25-6-1-2-7-25/h9-12,16-20,23-25,40H,1-8,13-15,21-22H2,(H,43,44)(H,45,46). The summed E-state index contributed by atoms with van der Waals surface area (Å²) in [4.78, 5) is 20.2. The van der Waals surface area contributed by atoms with E-state index in [1.807, 2.05) is 18.5 Å². The molecule has 0 atom stereocenters. The van der Waals surface area contributed by atoms with Gasteiger partial charge in [0.05, 0.1) is 16.7 Å². The van der Waals surface area contributed by atoms with Gasteiger partial charge in [-0.15, -0.1) is 0 Å². The minimum atomic E-state index is -0.248. The van der Waals surface area contributed by atoms with Crippen LogP contribution in [0.15, 0.2) is 67.1 Å². The van der Waals surface area contributed by atoms with Gasteiger partial charge < -0.3 is 15.2 Å². The lowest BCUT2D eigenvalue weighted by atomic mass is 10.0. The third-order valence-electron chi connectivity index (χ3n) is 9.92. The Morgan fingerprint density at radius 1 is 0.851 bits per heavy atom. The van der Waals surface area contributed by atoms with Crippen molar-refractivity contribution in [1.82, 2.24) is 40.3 Å². The van der Waals surface area contributed by atoms with Gasteiger partial charge in [-0.2, -0.15) is 5.10 Å². The molecule has 0 amide bonds. The summed E-state index contributed by atoms with van der Waals surface area (Å²) < 4.78 is 14.9. The second-order valence-corrected chi connectivity index (χ2v) is 13.3. The highest BCUT2D eigenvalue weighted by atomic mass is 19.1. The summed E-state index contributed by atoms with van der Waals surface area (Å²) in [6, 6.07) is 15.7. The molecule has 240 valence electrons. The highest BCUT2D eigenvalue weighted by Crippen LogP contribution is 2.33. The van der Waals surface area contributed by atoms with Gasteiger partial charge in [0.25, 0.3) is 0 Å². The zero-order valence-electron chi connectivity index (χ0n) is 26.7. The van der Waals surface area contributed by atoms with Gasteiger partial charge in [-0.3, -0.25) is 15.1 Å². The molecule has 1 saturated carbocycles. The molecule has 0 spiro atoms. The van der Waals surface area contributed by atoms with Crippen LogP contribution in [0.1, 0.15) is 56.1 Å². The summed E-state index contributed by atoms with van der Waals surface area (Å²) in [5, 5.41) is 12.4. The average molecular weight is 629 g/mol. The maximum atomic E-state index is 14.9. The first-order chi connectivity index (χ1) is 23.2. The predicted molar refractivity (Wildman–Crippen MR) is 185 cm³/mol. The molecule has 8 nitrogen and oxygen atoms in total. The minimum Gasteiger partial charge on any atom is -0.336 e. The molecular formula is C38H41FN8. The Morgan fingerprint density at radius 3 is 2.62 bits per heavy atom. The van der Waals surface area contributed by atoms with Crippen LogP contribution in [-0.4, -0.2) is 61.2 Å². The Bertz CT molecular complexity index is 2000. The topological polar surface area (TPSA) is 98.4 Å². The molecule has 1 aliphatic carbocycles. The van der Waals surface area contributed by atoms with Crippen LogP contribution in [0.5, 0.6) is 0 Å². The van der Waals surface area contributed by atoms with Crippen LogP contribution in [0.4, 0.5) is 4.39 Å². The molecule has 8 rings (SSSR count). The van der Waals surface area contributed by atoms with E-state index in [9.17, 15) is 4.39 Å². The number of aromatic amines is 2. The largest absolute Gasteiger partial charge is 0.336 e. The van der Waals surface area contributed by atoms with Gasteiger partial charge in [0.1, 0.15) is 17.0 Å². The van der Waals surface area contributed by atoms with Gasteiger partial charge in [-0.1, -0.05) is 18.9 Å². The minimum absolute atomic E-state index is 0.248. The number of aryl methyl sites for hydroxylation is 1. The molecule has 1 aliphatic heterocycles. The molecule has 0 radical (unpaired) electrons. The Balaban J connectivity index is 1.05. The highest BCUT2D eigenvalue weighted by molar-refractivity contribution is 5.97. The Hall–Kier alpha value is -4.47. The van der Waals surface area contributed by atoms with Crippen LogP contribution in [0.25, 0.3) is 55.8 Å². The van der Waals surface area contributed by atoms with E-state index < -0.39 is 0 Å². The molecule has 47 heavy (non-hydrogen) atoms. The number of imidazole rings is 1. The molecule has 6 aromatic rings. The van der Waals surface area contributed by atoms with E-state index in [0.717, 1.165) is 82.8 Å². The van der Waals surface area contributed by atoms with Gasteiger partial charge in [0.2, 0.25) is 0 Å². The van der Waals surface area contributed by atoms with Crippen molar-refractivity contribution in [2.24, 2.45) is 5.92 Å². The predicted octanol–water partition coefficient (Wildman–Crippen LogP) is 7.68. The van der Waals surface area contributed by atoms with E-state index in [0.29, 0.717) is 17.0 Å². The molecule has 2 aliphatic rings. The Morgan fingerprint density at radius 2 is 1.72 bits per heavy atom. The van der Waals surface area contributed by atoms with Crippen molar-refractivity contribution < 1.29 is 4.39 Å². The third-order valence-corrected chi connectivity index (χ3v) is 9.92. The van der Waals surface area contributed by atoms with E-state index >= 15 is 0 Å². The molecule has 5 heterocycles. The van der Waals surface area contributed by atoms with Gasteiger partial charge in [0, 0.05) is 41.6 Å². The van der Waals surface area contributed by atoms with Crippen molar-refractivity contribution in [3.05, 3.63) is 84.1 Å². The van der Waals surface area contributed by atoms with Crippen molar-refractivity contribution in [3.8, 4) is 33.9 Å². The first kappa shape index (κ1) is 29.9. The fraction of sp³-hybridized carbons (Fsp3) is 0.368. The summed E-state index contributed by atoms with van der Waals surface area (Å²) in [6.07, 6.45) is 15.4. The normalized spacial score (nSPS) is 15.9. The van der Waals surface area contributed by atoms with Crippen LogP contribution in [0.3, 0.4) is 0 Å². The second kappa shape index (κ2) is 13.3. The van der Waals surface area contributed by atoms with Crippen molar-refractivity contribution in [3.63, 3.8) is 0 Å². The van der Waals surface area contributed by atoms with E-state index in [4.69, 9.17) is 4.98 Å². The van der Waals surface area contributed by atoms with Crippen molar-refractivity contribution >= 4 is 21.9 Å². The number of hydrogen-bond acceptors (Lipinski definition) is 6. The Kier molecular flexibility index (Phi) is 8.48. The van der Waals surface area contributed by atoms with Crippen molar-refractivity contribution in [2.45, 2.75) is 57.9 Å². The van der Waals surface area contributed by atoms with Gasteiger partial charge >= 0.3 is 0 Å². The van der Waals surface area contributed by atoms with Gasteiger partial charge in [-0.05, 0) is 130 Å². The number of nitrogens with one attached hydrogen (secondary N) is 3. The lowest BCUT2D eigenvalue weighted by Gasteiger charge is -2.14. The molecule has 4 aromatic heterocycles. The third kappa shape index (κ3) is 6.55. The van der Waals surface area contributed by atoms with Crippen molar-refractivity contribution in [2.75, 3.05) is 26.2 Å². The molecule has 2 aromatic carbocycles. The summed E-state index contributed by atoms with van der Waals surface area (Å²) in [5.41, 5.74) is 8.89. The fourth-order valence-electron chi connectivity index (χ4n) is 7.45. The molecule has 0 bridgehead atoms. The highest BCUT2D eigenvalue weighted by Gasteiger charge is 2.18. The van der Waals surface area contributed by atoms with Crippen LogP contribution in [0.2, 0.25) is 0 Å². The van der Waals surface area contributed by atoms with Crippen LogP contribution < -0.4 is 5.32 Å². The number of H-pyrrole nitrogens is 2. The molecule has 0 unspecified atom stereocenters. The number of aromatic nitrogens is 6. The fourth-order valence-corrected chi connectivity index (χ4v) is 7.45. The van der Waals surface area contributed by atoms with E-state index in [1.165, 1.54) is 57.2 Å². The summed E-state index contributed by atoms with van der Waals surface area (Å²) in [6.45, 7) is 5.30. The molecule has 9 heteroatoms. The SMILES string of the molecule is Fc1cc(CCCN2CCCC2)cc(-c2nccc3[nH]c(-c4n[nH]c5ccc(-c6cncc(CNCC7CCCC7)c6)cc45)nc23)c1. The van der Waals surface area contributed by atoms with Gasteiger partial charge in [-0.25, -0.2) is 9.37 Å². The monoisotopic (exact) mass is 628 g/mol. The number of pyridine rings is 2. The number of likely N-dealkylation sites (tertiary alicyclic amines) is 1. The molecule has 3 N–H and O–H groups in total. The number of nitrogens with zero attached hydrogens (tertiary/aromatic N) is 5. The molecular weight excluding hydrogens is 587 g/mol. The summed E-state index contributed by atoms with van der Waals surface area (Å²) in [7, 11) is 0. The van der Waals surface area contributed by atoms with Crippen LogP contribution in [-0.2, 0) is 13.0 Å². The number of hydrogen-bond donors (Lipinski definition) is 3. The van der Waals surface area contributed by atoms with Crippen molar-refractivity contribution in [1.29, 1.82) is 0 Å². The summed E-state index contributed by atoms with van der Waals surface area (Å²) >= 11 is 0. The molecule has 1 saturated heterocycles. The smallest absolute Gasteiger partial charge is 0.159 e. The zero-order chi connectivity index (χ0) is 31.6. The van der Waals surface area contributed by atoms with Crippen LogP contribution in [0, 0.1) is 11.7 Å². The number of halogens is 1. The molecule has 2 fully saturated rings. The van der Waals surface area contributed by atoms with Gasteiger partial charge in [0.15, 0.2) is 5.82 Å². The lowest BCUT2D eigenvalue weighted by molar-refractivity contribution is 0.334. The van der Waals surface area contributed by atoms with Crippen LogP contribution >= 0.6 is 0 Å². The first-order valence-electron chi connectivity index (χ1n) is 17.2. The maximum Gasteiger partial charge on any atom is 0.159 e. The quantitative estimate of drug-likeness (QED) is 0.136. The zero-order valence-corrected chi connectivity index (χ0v) is 26.7. The average Bonchev–Trinajstić information content (AvgIpc) is 3.91.